The molecule has 2 aromatic rings. The monoisotopic (exact) mass is 313 g/mol. The highest BCUT2D eigenvalue weighted by molar-refractivity contribution is 5.96. The van der Waals surface area contributed by atoms with E-state index in [2.05, 4.69) is 15.7 Å². The van der Waals surface area contributed by atoms with Gasteiger partial charge in [-0.2, -0.15) is 5.10 Å². The number of nitrogens with zero attached hydrogens (tertiary/aromatic N) is 3. The Morgan fingerprint density at radius 3 is 2.65 bits per heavy atom. The van der Waals surface area contributed by atoms with Gasteiger partial charge < -0.3 is 5.32 Å². The summed E-state index contributed by atoms with van der Waals surface area (Å²) in [6, 6.07) is 9.33. The van der Waals surface area contributed by atoms with Crippen LogP contribution in [0.3, 0.4) is 0 Å². The molecule has 23 heavy (non-hydrogen) atoms. The molecule has 0 fully saturated rings. The molecule has 1 aliphatic rings. The first kappa shape index (κ1) is 15.1. The van der Waals surface area contributed by atoms with Crippen LogP contribution in [0.15, 0.2) is 30.3 Å². The Morgan fingerprint density at radius 1 is 1.22 bits per heavy atom. The van der Waals surface area contributed by atoms with Crippen molar-refractivity contribution in [1.82, 2.24) is 15.1 Å². The zero-order chi connectivity index (χ0) is 16.4. The lowest BCUT2D eigenvalue weighted by Gasteiger charge is -2.14. The van der Waals surface area contributed by atoms with E-state index in [0.717, 1.165) is 5.56 Å². The number of benzene rings is 1. The van der Waals surface area contributed by atoms with Gasteiger partial charge in [-0.3, -0.25) is 15.0 Å². The number of nitrogens with one attached hydrogen (secondary N) is 2. The van der Waals surface area contributed by atoms with E-state index in [0.29, 0.717) is 31.1 Å². The molecule has 0 spiro atoms. The Morgan fingerprint density at radius 2 is 1.96 bits per heavy atom. The van der Waals surface area contributed by atoms with Crippen LogP contribution in [0, 0.1) is 6.92 Å². The number of anilines is 2. The highest BCUT2D eigenvalue weighted by Gasteiger charge is 2.27. The molecule has 0 saturated carbocycles. The second-order valence-electron chi connectivity index (χ2n) is 5.52. The molecular formula is C16H19N5O2. The van der Waals surface area contributed by atoms with Gasteiger partial charge in [-0.1, -0.05) is 29.8 Å². The standard InChI is InChI=1S/C16H19N5O2/c1-11-3-5-12(6-4-11)9-15(22)20-7-8-21-14(20)10-13(19-21)18-16(23)17-2/h3-6,10H,7-9H2,1-2H3,(H2,17,18,19,23). The molecular weight excluding hydrogens is 294 g/mol. The van der Waals surface area contributed by atoms with Crippen molar-refractivity contribution in [3.63, 3.8) is 0 Å². The molecule has 0 atom stereocenters. The van der Waals surface area contributed by atoms with E-state index < -0.39 is 0 Å². The van der Waals surface area contributed by atoms with Gasteiger partial charge in [0.2, 0.25) is 5.91 Å². The molecule has 120 valence electrons. The van der Waals surface area contributed by atoms with Gasteiger partial charge in [0.25, 0.3) is 0 Å². The Balaban J connectivity index is 1.72. The molecule has 3 rings (SSSR count). The van der Waals surface area contributed by atoms with Crippen molar-refractivity contribution < 1.29 is 9.59 Å². The van der Waals surface area contributed by atoms with Gasteiger partial charge in [0, 0.05) is 19.7 Å². The fraction of sp³-hybridized carbons (Fsp3) is 0.312. The topological polar surface area (TPSA) is 79.3 Å². The van der Waals surface area contributed by atoms with E-state index in [1.54, 1.807) is 15.6 Å². The predicted molar refractivity (Wildman–Crippen MR) is 87.5 cm³/mol. The summed E-state index contributed by atoms with van der Waals surface area (Å²) in [6.07, 6.45) is 0.351. The van der Waals surface area contributed by atoms with Gasteiger partial charge in [0.15, 0.2) is 5.82 Å². The number of rotatable bonds is 3. The summed E-state index contributed by atoms with van der Waals surface area (Å²) in [7, 11) is 1.54. The highest BCUT2D eigenvalue weighted by atomic mass is 16.2. The molecule has 0 saturated heterocycles. The maximum Gasteiger partial charge on any atom is 0.320 e. The fourth-order valence-electron chi connectivity index (χ4n) is 2.57. The van der Waals surface area contributed by atoms with Crippen LogP contribution in [0.4, 0.5) is 16.4 Å². The quantitative estimate of drug-likeness (QED) is 0.902. The minimum atomic E-state index is -0.334. The molecule has 1 aromatic heterocycles. The second-order valence-corrected chi connectivity index (χ2v) is 5.52. The van der Waals surface area contributed by atoms with E-state index >= 15 is 0 Å². The Hall–Kier alpha value is -2.83. The molecule has 2 N–H and O–H groups in total. The van der Waals surface area contributed by atoms with Gasteiger partial charge in [-0.25, -0.2) is 9.48 Å². The summed E-state index contributed by atoms with van der Waals surface area (Å²) in [5.74, 6) is 1.18. The van der Waals surface area contributed by atoms with Crippen LogP contribution in [-0.4, -0.2) is 35.3 Å². The fourth-order valence-corrected chi connectivity index (χ4v) is 2.57. The number of carbonyl (C=O) groups excluding carboxylic acids is 2. The van der Waals surface area contributed by atoms with Crippen molar-refractivity contribution >= 4 is 23.6 Å². The molecule has 7 nitrogen and oxygen atoms in total. The number of carbonyl (C=O) groups is 2. The lowest BCUT2D eigenvalue weighted by atomic mass is 10.1. The van der Waals surface area contributed by atoms with Crippen molar-refractivity contribution in [2.75, 3.05) is 23.8 Å². The van der Waals surface area contributed by atoms with Gasteiger partial charge in [-0.15, -0.1) is 0 Å². The normalized spacial score (nSPS) is 12.9. The summed E-state index contributed by atoms with van der Waals surface area (Å²) >= 11 is 0. The lowest BCUT2D eigenvalue weighted by molar-refractivity contribution is -0.117. The molecule has 0 aliphatic carbocycles. The predicted octanol–water partition coefficient (Wildman–Crippen LogP) is 1.53. The average molecular weight is 313 g/mol. The largest absolute Gasteiger partial charge is 0.341 e. The average Bonchev–Trinajstić information content (AvgIpc) is 3.09. The number of fused-ring (bicyclic) bond motifs is 1. The first-order chi connectivity index (χ1) is 11.1. The zero-order valence-electron chi connectivity index (χ0n) is 13.2. The molecule has 1 aliphatic heterocycles. The Bertz CT molecular complexity index is 735. The van der Waals surface area contributed by atoms with E-state index in [1.807, 2.05) is 31.2 Å². The van der Waals surface area contributed by atoms with Crippen LogP contribution in [-0.2, 0) is 17.8 Å². The Kier molecular flexibility index (Phi) is 4.01. The van der Waals surface area contributed by atoms with E-state index in [4.69, 9.17) is 0 Å². The maximum absolute atomic E-state index is 12.5. The Labute approximate surface area is 134 Å². The first-order valence-electron chi connectivity index (χ1n) is 7.49. The summed E-state index contributed by atoms with van der Waals surface area (Å²) in [5.41, 5.74) is 2.16. The summed E-state index contributed by atoms with van der Waals surface area (Å²) in [5, 5.41) is 9.37. The minimum Gasteiger partial charge on any atom is -0.341 e. The summed E-state index contributed by atoms with van der Waals surface area (Å²) < 4.78 is 1.73. The molecule has 0 radical (unpaired) electrons. The van der Waals surface area contributed by atoms with Crippen LogP contribution >= 0.6 is 0 Å². The number of hydrogen-bond acceptors (Lipinski definition) is 3. The number of aromatic nitrogens is 2. The van der Waals surface area contributed by atoms with Crippen molar-refractivity contribution in [2.24, 2.45) is 0 Å². The molecule has 0 bridgehead atoms. The van der Waals surface area contributed by atoms with Crippen LogP contribution < -0.4 is 15.5 Å². The van der Waals surface area contributed by atoms with Crippen molar-refractivity contribution in [2.45, 2.75) is 19.9 Å². The van der Waals surface area contributed by atoms with Crippen LogP contribution in [0.1, 0.15) is 11.1 Å². The lowest BCUT2D eigenvalue weighted by Crippen LogP contribution is -2.30. The number of aryl methyl sites for hydroxylation is 1. The third-order valence-corrected chi connectivity index (χ3v) is 3.82. The van der Waals surface area contributed by atoms with Crippen LogP contribution in [0.25, 0.3) is 0 Å². The highest BCUT2D eigenvalue weighted by Crippen LogP contribution is 2.25. The number of hydrogen-bond donors (Lipinski definition) is 2. The van der Waals surface area contributed by atoms with E-state index in [1.165, 1.54) is 12.6 Å². The minimum absolute atomic E-state index is 0.0268. The summed E-state index contributed by atoms with van der Waals surface area (Å²) in [4.78, 5) is 25.6. The summed E-state index contributed by atoms with van der Waals surface area (Å²) in [6.45, 7) is 3.25. The smallest absolute Gasteiger partial charge is 0.320 e. The van der Waals surface area contributed by atoms with Gasteiger partial charge in [0.1, 0.15) is 5.82 Å². The van der Waals surface area contributed by atoms with Crippen LogP contribution in [0.5, 0.6) is 0 Å². The van der Waals surface area contributed by atoms with Gasteiger partial charge in [0.05, 0.1) is 13.0 Å². The van der Waals surface area contributed by atoms with Crippen LogP contribution in [0.2, 0.25) is 0 Å². The molecule has 2 heterocycles. The molecule has 1 aromatic carbocycles. The van der Waals surface area contributed by atoms with E-state index in [-0.39, 0.29) is 11.9 Å². The van der Waals surface area contributed by atoms with E-state index in [9.17, 15) is 9.59 Å². The number of urea groups is 1. The third-order valence-electron chi connectivity index (χ3n) is 3.82. The molecule has 0 unspecified atom stereocenters. The number of amides is 3. The molecule has 3 amide bonds. The zero-order valence-corrected chi connectivity index (χ0v) is 13.2. The molecule has 7 heteroatoms. The third kappa shape index (κ3) is 3.18. The van der Waals surface area contributed by atoms with Gasteiger partial charge >= 0.3 is 6.03 Å². The SMILES string of the molecule is CNC(=O)Nc1cc2n(n1)CCN2C(=O)Cc1ccc(C)cc1. The first-order valence-corrected chi connectivity index (χ1v) is 7.49. The van der Waals surface area contributed by atoms with Crippen molar-refractivity contribution in [1.29, 1.82) is 0 Å². The van der Waals surface area contributed by atoms with Crippen molar-refractivity contribution in [3.8, 4) is 0 Å². The van der Waals surface area contributed by atoms with Crippen molar-refractivity contribution in [3.05, 3.63) is 41.5 Å². The second kappa shape index (κ2) is 6.12. The van der Waals surface area contributed by atoms with Gasteiger partial charge in [-0.05, 0) is 12.5 Å². The maximum atomic E-state index is 12.5.